The molecule has 3 saturated heterocycles. The van der Waals surface area contributed by atoms with Gasteiger partial charge in [-0.3, -0.25) is 0 Å². The summed E-state index contributed by atoms with van der Waals surface area (Å²) in [6.07, 6.45) is -11.6. The van der Waals surface area contributed by atoms with Crippen LogP contribution in [-0.2, 0) is 28.4 Å². The summed E-state index contributed by atoms with van der Waals surface area (Å²) in [4.78, 5) is 0. The quantitative estimate of drug-likeness (QED) is 0.0908. The summed E-state index contributed by atoms with van der Waals surface area (Å²) in [5.41, 5.74) is -0.159. The van der Waals surface area contributed by atoms with Crippen molar-refractivity contribution in [3.63, 3.8) is 0 Å². The molecule has 0 aromatic heterocycles. The van der Waals surface area contributed by atoms with Crippen LogP contribution in [-0.4, -0.2) is 180 Å². The summed E-state index contributed by atoms with van der Waals surface area (Å²) < 4.78 is 37.4. The highest BCUT2D eigenvalue weighted by Crippen LogP contribution is 2.76. The van der Waals surface area contributed by atoms with Crippen molar-refractivity contribution < 1.29 is 84.6 Å². The van der Waals surface area contributed by atoms with Crippen LogP contribution in [0.3, 0.4) is 0 Å². The van der Waals surface area contributed by atoms with E-state index in [1.54, 1.807) is 0 Å². The molecule has 0 spiro atoms. The Labute approximate surface area is 384 Å². The second-order valence-corrected chi connectivity index (χ2v) is 22.8. The highest BCUT2D eigenvalue weighted by atomic mass is 16.8. The Balaban J connectivity index is 1.11. The number of ether oxygens (including phenoxy) is 6. The molecule has 0 radical (unpaired) electrons. The van der Waals surface area contributed by atoms with Gasteiger partial charge < -0.3 is 84.6 Å². The molecule has 7 fully saturated rings. The first-order valence-electron chi connectivity index (χ1n) is 24.3. The molecule has 376 valence electrons. The Hall–Kier alpha value is -0.940. The highest BCUT2D eigenvalue weighted by Gasteiger charge is 2.70. The number of hydrogen-bond donors (Lipinski definition) is 11. The number of aliphatic hydroxyl groups excluding tert-OH is 11. The molecule has 17 nitrogen and oxygen atoms in total. The van der Waals surface area contributed by atoms with Crippen LogP contribution in [0.4, 0.5) is 0 Å². The van der Waals surface area contributed by atoms with Crippen molar-refractivity contribution in [1.82, 2.24) is 0 Å². The SMILES string of the molecule is CC(C)=CCC[C@](C)(O[C@@H]1O[C@H](CO)[C@@H](O)[C@H](O)[C@H]1O)C1CC[C@]2(C)[C@@H]1CC[C@@H]1[C@@]3(C)CC[C@H](O[C@@H]4O[C@H](CO)[C@@H](O)[C@H](O)[C@H]4O[C@@H]4O[C@H](CO)[C@@H](O)[C@H](O)[C@H]4O)C(C)(C)C3CC[C@]12C. The average Bonchev–Trinajstić information content (AvgIpc) is 3.63. The maximum atomic E-state index is 11.4. The first-order chi connectivity index (χ1) is 30.4. The van der Waals surface area contributed by atoms with E-state index in [0.717, 1.165) is 51.4 Å². The van der Waals surface area contributed by atoms with E-state index in [-0.39, 0.29) is 28.1 Å². The lowest BCUT2D eigenvalue weighted by Crippen LogP contribution is -2.67. The van der Waals surface area contributed by atoms with Crippen molar-refractivity contribution in [1.29, 1.82) is 0 Å². The third kappa shape index (κ3) is 8.84. The molecule has 4 saturated carbocycles. The van der Waals surface area contributed by atoms with Crippen LogP contribution >= 0.6 is 0 Å². The first kappa shape index (κ1) is 51.9. The van der Waals surface area contributed by atoms with Crippen molar-refractivity contribution in [2.75, 3.05) is 19.8 Å². The number of aliphatic hydroxyl groups is 11. The van der Waals surface area contributed by atoms with Gasteiger partial charge in [-0.2, -0.15) is 0 Å². The molecule has 17 heteroatoms. The maximum absolute atomic E-state index is 11.4. The smallest absolute Gasteiger partial charge is 0.187 e. The molecule has 0 amide bonds. The van der Waals surface area contributed by atoms with Gasteiger partial charge in [0.1, 0.15) is 73.2 Å². The van der Waals surface area contributed by atoms with E-state index in [4.69, 9.17) is 28.4 Å². The summed E-state index contributed by atoms with van der Waals surface area (Å²) in [6, 6.07) is 0. The molecule has 4 aliphatic carbocycles. The summed E-state index contributed by atoms with van der Waals surface area (Å²) in [7, 11) is 0. The Morgan fingerprint density at radius 1 is 0.585 bits per heavy atom. The Morgan fingerprint density at radius 2 is 1.12 bits per heavy atom. The van der Waals surface area contributed by atoms with Crippen LogP contribution in [0.15, 0.2) is 11.6 Å². The van der Waals surface area contributed by atoms with E-state index in [2.05, 4.69) is 61.5 Å². The molecule has 11 N–H and O–H groups in total. The molecule has 0 aromatic rings. The third-order valence-electron chi connectivity index (χ3n) is 18.8. The fraction of sp³-hybridized carbons (Fsp3) is 0.958. The second-order valence-electron chi connectivity index (χ2n) is 22.8. The normalized spacial score (nSPS) is 51.9. The van der Waals surface area contributed by atoms with Crippen molar-refractivity contribution in [3.8, 4) is 0 Å². The molecule has 7 rings (SSSR count). The fourth-order valence-electron chi connectivity index (χ4n) is 14.9. The predicted octanol–water partition coefficient (Wildman–Crippen LogP) is 1.00. The minimum Gasteiger partial charge on any atom is -0.394 e. The van der Waals surface area contributed by atoms with Crippen molar-refractivity contribution in [3.05, 3.63) is 11.6 Å². The monoisotopic (exact) mass is 931 g/mol. The van der Waals surface area contributed by atoms with E-state index in [0.29, 0.717) is 24.7 Å². The third-order valence-corrected chi connectivity index (χ3v) is 18.8. The molecule has 3 aliphatic heterocycles. The van der Waals surface area contributed by atoms with Gasteiger partial charge in [0.15, 0.2) is 18.9 Å². The van der Waals surface area contributed by atoms with Crippen molar-refractivity contribution >= 4 is 0 Å². The van der Waals surface area contributed by atoms with Gasteiger partial charge in [0, 0.05) is 0 Å². The van der Waals surface area contributed by atoms with Gasteiger partial charge >= 0.3 is 0 Å². The largest absolute Gasteiger partial charge is 0.394 e. The zero-order chi connectivity index (χ0) is 47.8. The molecule has 0 bridgehead atoms. The summed E-state index contributed by atoms with van der Waals surface area (Å²) in [5.74, 6) is 0.995. The Morgan fingerprint density at radius 3 is 1.71 bits per heavy atom. The molecule has 3 heterocycles. The number of fused-ring (bicyclic) bond motifs is 5. The standard InChI is InChI=1S/C48H82O17/c1-23(2)10-9-16-48(8,65-42-39(59)36(56)33(53)27(21-50)61-42)25-13-18-46(6)24(25)11-12-30-45(5)17-15-31(44(3,4)29(45)14-19-47(30,46)7)63-43-40(37(57)34(54)28(22-51)62-43)64-41-38(58)35(55)32(52)26(20-49)60-41/h10,24-43,49-59H,9,11-22H2,1-8H3/t24-,25?,26-,27-,28-,29?,30-,31+,32-,33-,34-,35+,36+,37+,38-,39-,40-,41+,42+,43+,45+,46-,47-,48+/m1/s1. The maximum Gasteiger partial charge on any atom is 0.187 e. The van der Waals surface area contributed by atoms with Crippen LogP contribution in [0.5, 0.6) is 0 Å². The number of hydrogen-bond acceptors (Lipinski definition) is 17. The lowest BCUT2D eigenvalue weighted by Gasteiger charge is -2.70. The van der Waals surface area contributed by atoms with Crippen molar-refractivity contribution in [2.45, 2.75) is 223 Å². The highest BCUT2D eigenvalue weighted by molar-refractivity contribution is 5.19. The predicted molar refractivity (Wildman–Crippen MR) is 232 cm³/mol. The molecule has 2 unspecified atom stereocenters. The van der Waals surface area contributed by atoms with Gasteiger partial charge in [-0.1, -0.05) is 46.3 Å². The van der Waals surface area contributed by atoms with Crippen LogP contribution < -0.4 is 0 Å². The first-order valence-corrected chi connectivity index (χ1v) is 24.3. The lowest BCUT2D eigenvalue weighted by molar-refractivity contribution is -0.378. The van der Waals surface area contributed by atoms with Gasteiger partial charge in [-0.15, -0.1) is 0 Å². The van der Waals surface area contributed by atoms with Crippen LogP contribution in [0.1, 0.15) is 120 Å². The average molecular weight is 931 g/mol. The Kier molecular flexibility index (Phi) is 15.4. The van der Waals surface area contributed by atoms with Crippen LogP contribution in [0, 0.1) is 45.3 Å². The van der Waals surface area contributed by atoms with E-state index in [1.165, 1.54) is 5.57 Å². The molecule has 7 aliphatic rings. The topological polar surface area (TPSA) is 278 Å². The second kappa shape index (κ2) is 19.3. The summed E-state index contributed by atoms with van der Waals surface area (Å²) in [6.45, 7) is 16.3. The van der Waals surface area contributed by atoms with E-state index >= 15 is 0 Å². The fourth-order valence-corrected chi connectivity index (χ4v) is 14.9. The molecule has 0 aromatic carbocycles. The van der Waals surface area contributed by atoms with Gasteiger partial charge in [-0.25, -0.2) is 0 Å². The van der Waals surface area contributed by atoms with Crippen molar-refractivity contribution in [2.24, 2.45) is 45.3 Å². The van der Waals surface area contributed by atoms with E-state index in [1.807, 2.05) is 0 Å². The number of allylic oxidation sites excluding steroid dienone is 2. The lowest BCUT2D eigenvalue weighted by atomic mass is 9.35. The molecule has 65 heavy (non-hydrogen) atoms. The summed E-state index contributed by atoms with van der Waals surface area (Å²) in [5, 5.41) is 116. The zero-order valence-corrected chi connectivity index (χ0v) is 39.7. The van der Waals surface area contributed by atoms with Gasteiger partial charge in [0.25, 0.3) is 0 Å². The van der Waals surface area contributed by atoms with Gasteiger partial charge in [0.05, 0.1) is 31.5 Å². The minimum atomic E-state index is -1.77. The number of rotatable bonds is 13. The van der Waals surface area contributed by atoms with Gasteiger partial charge in [-0.05, 0) is 130 Å². The zero-order valence-electron chi connectivity index (χ0n) is 39.7. The van der Waals surface area contributed by atoms with Gasteiger partial charge in [0.2, 0.25) is 0 Å². The van der Waals surface area contributed by atoms with Crippen LogP contribution in [0.25, 0.3) is 0 Å². The molecular weight excluding hydrogens is 849 g/mol. The molecular formula is C48H82O17. The minimum absolute atomic E-state index is 0.0327. The Bertz CT molecular complexity index is 1640. The summed E-state index contributed by atoms with van der Waals surface area (Å²) >= 11 is 0. The van der Waals surface area contributed by atoms with E-state index in [9.17, 15) is 56.2 Å². The van der Waals surface area contributed by atoms with E-state index < -0.39 is 129 Å². The van der Waals surface area contributed by atoms with Crippen LogP contribution in [0.2, 0.25) is 0 Å². The molecule has 24 atom stereocenters.